The molecule has 1 aliphatic heterocycles. The number of H-pyrrole nitrogens is 1. The Morgan fingerprint density at radius 3 is 2.72 bits per heavy atom. The topological polar surface area (TPSA) is 59.6 Å². The number of aromatic nitrogens is 2. The van der Waals surface area contributed by atoms with Crippen LogP contribution in [0.4, 0.5) is 0 Å². The normalized spacial score (nSPS) is 20.8. The second kappa shape index (κ2) is 7.89. The van der Waals surface area contributed by atoms with Gasteiger partial charge in [-0.3, -0.25) is 4.90 Å². The van der Waals surface area contributed by atoms with E-state index in [-0.39, 0.29) is 12.1 Å². The van der Waals surface area contributed by atoms with Crippen LogP contribution >= 0.6 is 0 Å². The smallest absolute Gasteiger partial charge is 0.124 e. The highest BCUT2D eigenvalue weighted by atomic mass is 16.5. The van der Waals surface area contributed by atoms with Crippen molar-refractivity contribution >= 4 is 0 Å². The first-order valence-corrected chi connectivity index (χ1v) is 8.67. The summed E-state index contributed by atoms with van der Waals surface area (Å²) < 4.78 is 16.7. The van der Waals surface area contributed by atoms with Crippen LogP contribution in [0.3, 0.4) is 0 Å². The van der Waals surface area contributed by atoms with Crippen molar-refractivity contribution < 1.29 is 14.2 Å². The molecule has 25 heavy (non-hydrogen) atoms. The number of nitrogens with zero attached hydrogens (tertiary/aromatic N) is 2. The number of hydrogen-bond acceptors (Lipinski definition) is 5. The SMILES string of the molecule is COc1cccc(OCCN2C[C@H](OC)C[C@H]2c2nc(C)c(C)[nH]2)c1. The molecule has 1 aromatic heterocycles. The van der Waals surface area contributed by atoms with E-state index in [2.05, 4.69) is 21.8 Å². The summed E-state index contributed by atoms with van der Waals surface area (Å²) in [4.78, 5) is 10.5. The first-order valence-electron chi connectivity index (χ1n) is 8.67. The highest BCUT2D eigenvalue weighted by molar-refractivity contribution is 5.32. The first kappa shape index (κ1) is 17.8. The van der Waals surface area contributed by atoms with Crippen LogP contribution in [0.15, 0.2) is 24.3 Å². The van der Waals surface area contributed by atoms with Gasteiger partial charge in [0, 0.05) is 32.0 Å². The predicted molar refractivity (Wildman–Crippen MR) is 96.3 cm³/mol. The average Bonchev–Trinajstić information content (AvgIpc) is 3.18. The predicted octanol–water partition coefficient (Wildman–Crippen LogP) is 2.88. The number of benzene rings is 1. The van der Waals surface area contributed by atoms with Gasteiger partial charge in [-0.25, -0.2) is 4.98 Å². The summed E-state index contributed by atoms with van der Waals surface area (Å²) in [5.41, 5.74) is 2.19. The van der Waals surface area contributed by atoms with E-state index in [1.165, 1.54) is 0 Å². The minimum Gasteiger partial charge on any atom is -0.497 e. The Morgan fingerprint density at radius 1 is 1.24 bits per heavy atom. The Hall–Kier alpha value is -2.05. The van der Waals surface area contributed by atoms with Gasteiger partial charge in [-0.1, -0.05) is 6.07 Å². The standard InChI is InChI=1S/C19H27N3O3/c1-13-14(2)21-19(20-13)18-11-17(24-4)12-22(18)8-9-25-16-7-5-6-15(10-16)23-3/h5-7,10,17-18H,8-9,11-12H2,1-4H3,(H,20,21)/t17-,18+/m1/s1. The Labute approximate surface area is 149 Å². The molecule has 1 fully saturated rings. The highest BCUT2D eigenvalue weighted by Crippen LogP contribution is 2.32. The highest BCUT2D eigenvalue weighted by Gasteiger charge is 2.34. The maximum atomic E-state index is 5.90. The molecule has 6 heteroatoms. The number of rotatable bonds is 7. The molecule has 136 valence electrons. The van der Waals surface area contributed by atoms with Gasteiger partial charge < -0.3 is 19.2 Å². The molecular formula is C19H27N3O3. The molecule has 0 bridgehead atoms. The number of methoxy groups -OCH3 is 2. The second-order valence-electron chi connectivity index (χ2n) is 6.46. The molecule has 3 rings (SSSR count). The maximum absolute atomic E-state index is 5.90. The summed E-state index contributed by atoms with van der Waals surface area (Å²) in [5, 5.41) is 0. The first-order chi connectivity index (χ1) is 12.1. The third-order valence-corrected chi connectivity index (χ3v) is 4.85. The van der Waals surface area contributed by atoms with Gasteiger partial charge in [-0.05, 0) is 32.4 Å². The molecule has 2 heterocycles. The van der Waals surface area contributed by atoms with Crippen molar-refractivity contribution in [3.8, 4) is 11.5 Å². The third kappa shape index (κ3) is 4.14. The zero-order valence-electron chi connectivity index (χ0n) is 15.4. The molecule has 1 aliphatic rings. The van der Waals surface area contributed by atoms with Gasteiger partial charge >= 0.3 is 0 Å². The summed E-state index contributed by atoms with van der Waals surface area (Å²) in [6.07, 6.45) is 1.18. The molecule has 1 saturated heterocycles. The van der Waals surface area contributed by atoms with Crippen LogP contribution in [-0.2, 0) is 4.74 Å². The summed E-state index contributed by atoms with van der Waals surface area (Å²) in [6, 6.07) is 7.93. The Balaban J connectivity index is 1.62. The molecule has 2 atom stereocenters. The molecule has 0 saturated carbocycles. The van der Waals surface area contributed by atoms with E-state index in [4.69, 9.17) is 14.2 Å². The molecular weight excluding hydrogens is 318 g/mol. The van der Waals surface area contributed by atoms with E-state index < -0.39 is 0 Å². The van der Waals surface area contributed by atoms with Crippen LogP contribution in [0.5, 0.6) is 11.5 Å². The molecule has 1 N–H and O–H groups in total. The Bertz CT molecular complexity index is 681. The zero-order chi connectivity index (χ0) is 17.8. The van der Waals surface area contributed by atoms with E-state index >= 15 is 0 Å². The lowest BCUT2D eigenvalue weighted by molar-refractivity contribution is 0.105. The van der Waals surface area contributed by atoms with Crippen molar-refractivity contribution in [2.75, 3.05) is 33.9 Å². The number of aryl methyl sites for hydroxylation is 2. The summed E-state index contributed by atoms with van der Waals surface area (Å²) >= 11 is 0. The Kier molecular flexibility index (Phi) is 5.60. The van der Waals surface area contributed by atoms with Gasteiger partial charge in [0.25, 0.3) is 0 Å². The summed E-state index contributed by atoms with van der Waals surface area (Å²) in [5.74, 6) is 2.65. The van der Waals surface area contributed by atoms with Gasteiger partial charge in [-0.2, -0.15) is 0 Å². The fourth-order valence-electron chi connectivity index (χ4n) is 3.27. The summed E-state index contributed by atoms with van der Waals surface area (Å²) in [6.45, 7) is 6.42. The largest absolute Gasteiger partial charge is 0.497 e. The van der Waals surface area contributed by atoms with Gasteiger partial charge in [0.15, 0.2) is 0 Å². The maximum Gasteiger partial charge on any atom is 0.124 e. The van der Waals surface area contributed by atoms with Crippen LogP contribution in [0.1, 0.15) is 29.7 Å². The van der Waals surface area contributed by atoms with Crippen molar-refractivity contribution in [3.05, 3.63) is 41.5 Å². The minimum atomic E-state index is 0.229. The van der Waals surface area contributed by atoms with Crippen molar-refractivity contribution in [3.63, 3.8) is 0 Å². The fourth-order valence-corrected chi connectivity index (χ4v) is 3.27. The van der Waals surface area contributed by atoms with Gasteiger partial charge in [0.2, 0.25) is 0 Å². The lowest BCUT2D eigenvalue weighted by Crippen LogP contribution is -2.30. The van der Waals surface area contributed by atoms with Gasteiger partial charge in [-0.15, -0.1) is 0 Å². The molecule has 0 aliphatic carbocycles. The number of imidazole rings is 1. The van der Waals surface area contributed by atoms with Crippen molar-refractivity contribution in [2.45, 2.75) is 32.4 Å². The van der Waals surface area contributed by atoms with Crippen molar-refractivity contribution in [1.82, 2.24) is 14.9 Å². The molecule has 1 aromatic carbocycles. The average molecular weight is 345 g/mol. The van der Waals surface area contributed by atoms with E-state index in [1.807, 2.05) is 31.2 Å². The van der Waals surface area contributed by atoms with Crippen LogP contribution in [0, 0.1) is 13.8 Å². The van der Waals surface area contributed by atoms with Crippen LogP contribution < -0.4 is 9.47 Å². The third-order valence-electron chi connectivity index (χ3n) is 4.85. The lowest BCUT2D eigenvalue weighted by atomic mass is 10.2. The van der Waals surface area contributed by atoms with Crippen molar-refractivity contribution in [2.24, 2.45) is 0 Å². The number of nitrogens with one attached hydrogen (secondary N) is 1. The molecule has 0 spiro atoms. The van der Waals surface area contributed by atoms with Gasteiger partial charge in [0.1, 0.15) is 23.9 Å². The zero-order valence-corrected chi connectivity index (χ0v) is 15.4. The molecule has 0 unspecified atom stereocenters. The van der Waals surface area contributed by atoms with E-state index in [0.717, 1.165) is 48.2 Å². The summed E-state index contributed by atoms with van der Waals surface area (Å²) in [7, 11) is 3.43. The fraction of sp³-hybridized carbons (Fsp3) is 0.526. The number of aromatic amines is 1. The molecule has 0 radical (unpaired) electrons. The quantitative estimate of drug-likeness (QED) is 0.836. The second-order valence-corrected chi connectivity index (χ2v) is 6.46. The Morgan fingerprint density at radius 2 is 2.04 bits per heavy atom. The number of likely N-dealkylation sites (tertiary alicyclic amines) is 1. The van der Waals surface area contributed by atoms with E-state index in [1.54, 1.807) is 14.2 Å². The van der Waals surface area contributed by atoms with Crippen LogP contribution in [-0.4, -0.2) is 54.9 Å². The number of hydrogen-bond donors (Lipinski definition) is 1. The molecule has 2 aromatic rings. The van der Waals surface area contributed by atoms with E-state index in [9.17, 15) is 0 Å². The molecule has 0 amide bonds. The van der Waals surface area contributed by atoms with Crippen LogP contribution in [0.2, 0.25) is 0 Å². The lowest BCUT2D eigenvalue weighted by Gasteiger charge is -2.22. The van der Waals surface area contributed by atoms with Crippen LogP contribution in [0.25, 0.3) is 0 Å². The van der Waals surface area contributed by atoms with E-state index in [0.29, 0.717) is 6.61 Å². The molecule has 6 nitrogen and oxygen atoms in total. The van der Waals surface area contributed by atoms with Gasteiger partial charge in [0.05, 0.1) is 24.9 Å². The van der Waals surface area contributed by atoms with Crippen molar-refractivity contribution in [1.29, 1.82) is 0 Å². The number of ether oxygens (including phenoxy) is 3. The monoisotopic (exact) mass is 345 g/mol. The minimum absolute atomic E-state index is 0.229.